The third-order valence-corrected chi connectivity index (χ3v) is 3.50. The molecule has 0 radical (unpaired) electrons. The summed E-state index contributed by atoms with van der Waals surface area (Å²) < 4.78 is 5.26. The highest BCUT2D eigenvalue weighted by Crippen LogP contribution is 2.24. The van der Waals surface area contributed by atoms with E-state index in [-0.39, 0.29) is 12.0 Å². The number of carboxylic acids is 1. The van der Waals surface area contributed by atoms with Crippen molar-refractivity contribution in [3.63, 3.8) is 0 Å². The van der Waals surface area contributed by atoms with Crippen LogP contribution in [0.4, 0.5) is 0 Å². The largest absolute Gasteiger partial charge is 0.481 e. The molecule has 4 nitrogen and oxygen atoms in total. The van der Waals surface area contributed by atoms with Crippen molar-refractivity contribution >= 4 is 5.97 Å². The molecule has 0 aromatic carbocycles. The van der Waals surface area contributed by atoms with Crippen molar-refractivity contribution in [1.29, 1.82) is 0 Å². The van der Waals surface area contributed by atoms with Gasteiger partial charge in [0.25, 0.3) is 0 Å². The first kappa shape index (κ1) is 10.9. The molecule has 0 aromatic heterocycles. The number of carboxylic acid groups (broad SMARTS) is 1. The number of piperidine rings is 1. The first-order valence-corrected chi connectivity index (χ1v) is 5.83. The Hall–Kier alpha value is -0.610. The van der Waals surface area contributed by atoms with Crippen LogP contribution in [0.1, 0.15) is 25.7 Å². The molecule has 86 valence electrons. The van der Waals surface area contributed by atoms with Crippen LogP contribution in [0.15, 0.2) is 0 Å². The molecule has 0 bridgehead atoms. The fraction of sp³-hybridized carbons (Fsp3) is 0.909. The standard InChI is InChI=1S/C11H19NO3/c13-11(14)9-8-15-7-4-10(9)12-5-2-1-3-6-12/h9-10H,1-8H2,(H,13,14). The molecule has 0 aliphatic carbocycles. The lowest BCUT2D eigenvalue weighted by Gasteiger charge is -2.39. The number of rotatable bonds is 2. The van der Waals surface area contributed by atoms with Gasteiger partial charge in [0.1, 0.15) is 0 Å². The monoisotopic (exact) mass is 213 g/mol. The van der Waals surface area contributed by atoms with E-state index in [2.05, 4.69) is 4.90 Å². The molecule has 2 aliphatic heterocycles. The van der Waals surface area contributed by atoms with Crippen LogP contribution in [-0.2, 0) is 9.53 Å². The average molecular weight is 213 g/mol. The molecule has 0 spiro atoms. The number of aliphatic carboxylic acids is 1. The minimum atomic E-state index is -0.703. The summed E-state index contributed by atoms with van der Waals surface area (Å²) in [5, 5.41) is 9.13. The maximum absolute atomic E-state index is 11.1. The Kier molecular flexibility index (Phi) is 3.59. The highest BCUT2D eigenvalue weighted by molar-refractivity contribution is 5.71. The van der Waals surface area contributed by atoms with E-state index in [9.17, 15) is 4.79 Å². The van der Waals surface area contributed by atoms with Gasteiger partial charge in [-0.2, -0.15) is 0 Å². The van der Waals surface area contributed by atoms with Gasteiger partial charge >= 0.3 is 5.97 Å². The molecule has 1 N–H and O–H groups in total. The number of hydrogen-bond acceptors (Lipinski definition) is 3. The van der Waals surface area contributed by atoms with E-state index in [0.717, 1.165) is 19.5 Å². The highest BCUT2D eigenvalue weighted by Gasteiger charge is 2.35. The first-order valence-electron chi connectivity index (χ1n) is 5.83. The van der Waals surface area contributed by atoms with Crippen molar-refractivity contribution in [2.75, 3.05) is 26.3 Å². The van der Waals surface area contributed by atoms with Gasteiger partial charge in [-0.25, -0.2) is 0 Å². The molecule has 2 fully saturated rings. The van der Waals surface area contributed by atoms with Crippen LogP contribution in [0.5, 0.6) is 0 Å². The number of nitrogens with zero attached hydrogens (tertiary/aromatic N) is 1. The van der Waals surface area contributed by atoms with Crippen LogP contribution < -0.4 is 0 Å². The summed E-state index contributed by atoms with van der Waals surface area (Å²) >= 11 is 0. The minimum absolute atomic E-state index is 0.205. The molecule has 0 saturated carbocycles. The topological polar surface area (TPSA) is 49.8 Å². The predicted octanol–water partition coefficient (Wildman–Crippen LogP) is 0.962. The fourth-order valence-corrected chi connectivity index (χ4v) is 2.65. The fourth-order valence-electron chi connectivity index (χ4n) is 2.65. The van der Waals surface area contributed by atoms with Crippen molar-refractivity contribution in [2.45, 2.75) is 31.7 Å². The van der Waals surface area contributed by atoms with Crippen molar-refractivity contribution in [3.05, 3.63) is 0 Å². The zero-order valence-corrected chi connectivity index (χ0v) is 9.02. The van der Waals surface area contributed by atoms with E-state index >= 15 is 0 Å². The van der Waals surface area contributed by atoms with Gasteiger partial charge in [-0.05, 0) is 32.4 Å². The summed E-state index contributed by atoms with van der Waals surface area (Å²) in [6, 6.07) is 0.205. The second-order valence-corrected chi connectivity index (χ2v) is 4.47. The van der Waals surface area contributed by atoms with Crippen LogP contribution in [0.25, 0.3) is 0 Å². The lowest BCUT2D eigenvalue weighted by molar-refractivity contribution is -0.151. The van der Waals surface area contributed by atoms with Crippen molar-refractivity contribution < 1.29 is 14.6 Å². The summed E-state index contributed by atoms with van der Waals surface area (Å²) in [5.41, 5.74) is 0. The van der Waals surface area contributed by atoms with Crippen LogP contribution in [0, 0.1) is 5.92 Å². The summed E-state index contributed by atoms with van der Waals surface area (Å²) in [7, 11) is 0. The van der Waals surface area contributed by atoms with Gasteiger partial charge in [0, 0.05) is 12.6 Å². The molecular formula is C11H19NO3. The van der Waals surface area contributed by atoms with Crippen molar-refractivity contribution in [2.24, 2.45) is 5.92 Å². The smallest absolute Gasteiger partial charge is 0.310 e. The number of ether oxygens (including phenoxy) is 1. The minimum Gasteiger partial charge on any atom is -0.481 e. The molecule has 2 rings (SSSR count). The van der Waals surface area contributed by atoms with Gasteiger partial charge in [0.15, 0.2) is 0 Å². The molecule has 4 heteroatoms. The van der Waals surface area contributed by atoms with Crippen LogP contribution in [0.3, 0.4) is 0 Å². The van der Waals surface area contributed by atoms with Gasteiger partial charge in [-0.1, -0.05) is 6.42 Å². The van der Waals surface area contributed by atoms with Crippen LogP contribution >= 0.6 is 0 Å². The Morgan fingerprint density at radius 2 is 2.00 bits per heavy atom. The second-order valence-electron chi connectivity index (χ2n) is 4.47. The summed E-state index contributed by atoms with van der Waals surface area (Å²) in [6.45, 7) is 3.23. The van der Waals surface area contributed by atoms with E-state index in [0.29, 0.717) is 13.2 Å². The predicted molar refractivity (Wildman–Crippen MR) is 55.8 cm³/mol. The number of hydrogen-bond donors (Lipinski definition) is 1. The number of carbonyl (C=O) groups is 1. The maximum Gasteiger partial charge on any atom is 0.310 e. The van der Waals surface area contributed by atoms with E-state index in [1.807, 2.05) is 0 Å². The zero-order valence-electron chi connectivity index (χ0n) is 9.02. The summed E-state index contributed by atoms with van der Waals surface area (Å²) in [4.78, 5) is 13.5. The van der Waals surface area contributed by atoms with E-state index in [1.165, 1.54) is 19.3 Å². The third kappa shape index (κ3) is 2.49. The molecule has 2 saturated heterocycles. The van der Waals surface area contributed by atoms with Crippen LogP contribution in [-0.4, -0.2) is 48.3 Å². The van der Waals surface area contributed by atoms with Crippen molar-refractivity contribution in [3.8, 4) is 0 Å². The molecule has 0 aromatic rings. The maximum atomic E-state index is 11.1. The SMILES string of the molecule is O=C(O)C1COCCC1N1CCCCC1. The Morgan fingerprint density at radius 1 is 1.27 bits per heavy atom. The molecule has 2 unspecified atom stereocenters. The molecule has 2 heterocycles. The van der Waals surface area contributed by atoms with Gasteiger partial charge in [0.05, 0.1) is 12.5 Å². The Morgan fingerprint density at radius 3 is 2.67 bits per heavy atom. The lowest BCUT2D eigenvalue weighted by Crippen LogP contribution is -2.50. The van der Waals surface area contributed by atoms with Gasteiger partial charge in [0.2, 0.25) is 0 Å². The molecule has 2 atom stereocenters. The van der Waals surface area contributed by atoms with Crippen molar-refractivity contribution in [1.82, 2.24) is 4.90 Å². The highest BCUT2D eigenvalue weighted by atomic mass is 16.5. The molecule has 0 amide bonds. The van der Waals surface area contributed by atoms with Gasteiger partial charge in [-0.15, -0.1) is 0 Å². The average Bonchev–Trinajstić information content (AvgIpc) is 2.30. The number of likely N-dealkylation sites (tertiary alicyclic amines) is 1. The van der Waals surface area contributed by atoms with Gasteiger partial charge < -0.3 is 9.84 Å². The third-order valence-electron chi connectivity index (χ3n) is 3.50. The van der Waals surface area contributed by atoms with E-state index in [1.54, 1.807) is 0 Å². The zero-order chi connectivity index (χ0) is 10.7. The van der Waals surface area contributed by atoms with Crippen LogP contribution in [0.2, 0.25) is 0 Å². The Bertz CT molecular complexity index is 226. The normalized spacial score (nSPS) is 33.9. The summed E-state index contributed by atoms with van der Waals surface area (Å²) in [6.07, 6.45) is 4.59. The Balaban J connectivity index is 1.99. The lowest BCUT2D eigenvalue weighted by atomic mass is 9.92. The second kappa shape index (κ2) is 4.94. The quantitative estimate of drug-likeness (QED) is 0.742. The first-order chi connectivity index (χ1) is 7.29. The molecular weight excluding hydrogens is 194 g/mol. The molecule has 15 heavy (non-hydrogen) atoms. The van der Waals surface area contributed by atoms with Gasteiger partial charge in [-0.3, -0.25) is 9.69 Å². The van der Waals surface area contributed by atoms with E-state index < -0.39 is 5.97 Å². The summed E-state index contributed by atoms with van der Waals surface area (Å²) in [5.74, 6) is -1.03. The Labute approximate surface area is 90.2 Å². The molecule has 2 aliphatic rings. The van der Waals surface area contributed by atoms with E-state index in [4.69, 9.17) is 9.84 Å².